The molecule has 0 unspecified atom stereocenters. The molecule has 34 heavy (non-hydrogen) atoms. The van der Waals surface area contributed by atoms with E-state index in [1.807, 2.05) is 36.4 Å². The molecule has 174 valence electrons. The maximum atomic E-state index is 12.5. The third kappa shape index (κ3) is 5.09. The number of benzene rings is 3. The van der Waals surface area contributed by atoms with E-state index in [9.17, 15) is 14.4 Å². The van der Waals surface area contributed by atoms with Crippen LogP contribution in [0.2, 0.25) is 0 Å². The Labute approximate surface area is 197 Å². The Morgan fingerprint density at radius 2 is 1.44 bits per heavy atom. The Bertz CT molecular complexity index is 1180. The van der Waals surface area contributed by atoms with Crippen LogP contribution in [0.1, 0.15) is 35.1 Å². The number of aliphatic carboxylic acids is 1. The minimum absolute atomic E-state index is 0.0141. The zero-order chi connectivity index (χ0) is 24.1. The molecule has 1 aliphatic rings. The molecule has 7 nitrogen and oxygen atoms in total. The van der Waals surface area contributed by atoms with Gasteiger partial charge in [-0.15, -0.1) is 0 Å². The number of carboxylic acid groups (broad SMARTS) is 1. The molecule has 0 spiro atoms. The zero-order valence-electron chi connectivity index (χ0n) is 18.8. The highest BCUT2D eigenvalue weighted by atomic mass is 16.5. The van der Waals surface area contributed by atoms with Crippen LogP contribution in [0.3, 0.4) is 0 Å². The van der Waals surface area contributed by atoms with Crippen molar-refractivity contribution < 1.29 is 24.2 Å². The number of hydrogen-bond acceptors (Lipinski definition) is 4. The van der Waals surface area contributed by atoms with E-state index in [0.717, 1.165) is 27.8 Å². The molecule has 0 aliphatic heterocycles. The fourth-order valence-electron chi connectivity index (χ4n) is 4.25. The largest absolute Gasteiger partial charge is 0.480 e. The van der Waals surface area contributed by atoms with Crippen LogP contribution in [0.4, 0.5) is 4.79 Å². The number of carboxylic acids is 1. The fourth-order valence-corrected chi connectivity index (χ4v) is 4.25. The summed E-state index contributed by atoms with van der Waals surface area (Å²) in [6, 6.07) is 22.5. The first-order valence-corrected chi connectivity index (χ1v) is 11.1. The minimum atomic E-state index is -1.10. The lowest BCUT2D eigenvalue weighted by Crippen LogP contribution is -2.39. The third-order valence-corrected chi connectivity index (χ3v) is 5.98. The molecule has 0 bridgehead atoms. The van der Waals surface area contributed by atoms with Gasteiger partial charge in [0.25, 0.3) is 0 Å². The number of carbonyl (C=O) groups excluding carboxylic acids is 2. The molecule has 0 saturated carbocycles. The number of nitrogens with one attached hydrogen (secondary N) is 2. The number of ether oxygens (including phenoxy) is 1. The van der Waals surface area contributed by atoms with Gasteiger partial charge in [0.1, 0.15) is 12.6 Å². The Kier molecular flexibility index (Phi) is 6.92. The van der Waals surface area contributed by atoms with Gasteiger partial charge in [-0.05, 0) is 40.3 Å². The van der Waals surface area contributed by atoms with Crippen molar-refractivity contribution in [2.24, 2.45) is 0 Å². The lowest BCUT2D eigenvalue weighted by Gasteiger charge is -2.15. The SMILES string of the molecule is C[C@H](NC(=O)Cc1ccccc1CNC(=O)OCC1c2ccccc2-c2ccccc21)C(=O)O. The predicted octanol–water partition coefficient (Wildman–Crippen LogP) is 3.86. The van der Waals surface area contributed by atoms with Crippen molar-refractivity contribution >= 4 is 18.0 Å². The smallest absolute Gasteiger partial charge is 0.407 e. The molecule has 0 radical (unpaired) electrons. The number of fused-ring (bicyclic) bond motifs is 3. The number of rotatable bonds is 8. The lowest BCUT2D eigenvalue weighted by atomic mass is 9.98. The van der Waals surface area contributed by atoms with E-state index < -0.39 is 24.0 Å². The number of hydrogen-bond donors (Lipinski definition) is 3. The van der Waals surface area contributed by atoms with Crippen molar-refractivity contribution in [3.63, 3.8) is 0 Å². The van der Waals surface area contributed by atoms with Crippen LogP contribution in [0.15, 0.2) is 72.8 Å². The second-order valence-corrected chi connectivity index (χ2v) is 8.25. The van der Waals surface area contributed by atoms with Crippen molar-refractivity contribution in [3.8, 4) is 11.1 Å². The van der Waals surface area contributed by atoms with Crippen LogP contribution in [0, 0.1) is 0 Å². The van der Waals surface area contributed by atoms with Gasteiger partial charge in [0.05, 0.1) is 6.42 Å². The number of alkyl carbamates (subject to hydrolysis) is 1. The third-order valence-electron chi connectivity index (χ3n) is 5.98. The van der Waals surface area contributed by atoms with E-state index >= 15 is 0 Å². The average molecular weight is 459 g/mol. The Hall–Kier alpha value is -4.13. The van der Waals surface area contributed by atoms with E-state index in [2.05, 4.69) is 34.9 Å². The van der Waals surface area contributed by atoms with Gasteiger partial charge in [0.15, 0.2) is 0 Å². The van der Waals surface area contributed by atoms with Gasteiger partial charge in [-0.3, -0.25) is 9.59 Å². The van der Waals surface area contributed by atoms with Crippen LogP contribution in [0.25, 0.3) is 11.1 Å². The quantitative estimate of drug-likeness (QED) is 0.476. The second-order valence-electron chi connectivity index (χ2n) is 8.25. The average Bonchev–Trinajstić information content (AvgIpc) is 3.15. The van der Waals surface area contributed by atoms with Gasteiger partial charge in [0.2, 0.25) is 5.91 Å². The monoisotopic (exact) mass is 458 g/mol. The van der Waals surface area contributed by atoms with Gasteiger partial charge in [0, 0.05) is 12.5 Å². The van der Waals surface area contributed by atoms with Gasteiger partial charge in [-0.2, -0.15) is 0 Å². The predicted molar refractivity (Wildman–Crippen MR) is 127 cm³/mol. The summed E-state index contributed by atoms with van der Waals surface area (Å²) in [5.74, 6) is -1.52. The van der Waals surface area contributed by atoms with E-state index in [1.54, 1.807) is 12.1 Å². The Morgan fingerprint density at radius 1 is 0.882 bits per heavy atom. The maximum Gasteiger partial charge on any atom is 0.407 e. The van der Waals surface area contributed by atoms with Crippen LogP contribution in [-0.2, 0) is 27.3 Å². The molecule has 0 saturated heterocycles. The molecule has 1 atom stereocenters. The molecule has 0 heterocycles. The highest BCUT2D eigenvalue weighted by Gasteiger charge is 2.29. The summed E-state index contributed by atoms with van der Waals surface area (Å²) >= 11 is 0. The summed E-state index contributed by atoms with van der Waals surface area (Å²) in [6.07, 6.45) is -0.527. The summed E-state index contributed by atoms with van der Waals surface area (Å²) in [5.41, 5.74) is 6.07. The molecule has 3 aromatic rings. The van der Waals surface area contributed by atoms with Crippen LogP contribution >= 0.6 is 0 Å². The first kappa shape index (κ1) is 23.0. The van der Waals surface area contributed by atoms with Gasteiger partial charge < -0.3 is 20.5 Å². The topological polar surface area (TPSA) is 105 Å². The van der Waals surface area contributed by atoms with E-state index in [4.69, 9.17) is 9.84 Å². The van der Waals surface area contributed by atoms with Crippen LogP contribution in [-0.4, -0.2) is 35.7 Å². The minimum Gasteiger partial charge on any atom is -0.480 e. The van der Waals surface area contributed by atoms with Crippen molar-refractivity contribution in [3.05, 3.63) is 95.1 Å². The van der Waals surface area contributed by atoms with E-state index in [0.29, 0.717) is 5.56 Å². The zero-order valence-corrected chi connectivity index (χ0v) is 18.8. The van der Waals surface area contributed by atoms with Gasteiger partial charge in [-0.1, -0.05) is 72.8 Å². The molecular formula is C27H26N2O5. The van der Waals surface area contributed by atoms with Crippen LogP contribution in [0.5, 0.6) is 0 Å². The number of carbonyl (C=O) groups is 3. The molecule has 0 aromatic heterocycles. The summed E-state index contributed by atoms with van der Waals surface area (Å²) < 4.78 is 5.57. The Balaban J connectivity index is 1.35. The van der Waals surface area contributed by atoms with Crippen molar-refractivity contribution in [2.75, 3.05) is 6.61 Å². The second kappa shape index (κ2) is 10.2. The normalized spacial score (nSPS) is 12.9. The van der Waals surface area contributed by atoms with E-state index in [-0.39, 0.29) is 25.5 Å². The highest BCUT2D eigenvalue weighted by Crippen LogP contribution is 2.44. The first-order valence-electron chi connectivity index (χ1n) is 11.1. The lowest BCUT2D eigenvalue weighted by molar-refractivity contribution is -0.141. The number of amides is 2. The highest BCUT2D eigenvalue weighted by molar-refractivity contribution is 5.84. The molecule has 0 fully saturated rings. The summed E-state index contributed by atoms with van der Waals surface area (Å²) in [5, 5.41) is 14.2. The molecule has 3 N–H and O–H groups in total. The molecule has 2 amide bonds. The first-order chi connectivity index (χ1) is 16.4. The molecule has 7 heteroatoms. The van der Waals surface area contributed by atoms with Gasteiger partial charge in [-0.25, -0.2) is 4.79 Å². The standard InChI is InChI=1S/C27H26N2O5/c1-17(26(31)32)29-25(30)14-18-8-2-3-9-19(18)15-28-27(33)34-16-24-22-12-6-4-10-20(22)21-11-5-7-13-23(21)24/h2-13,17,24H,14-16H2,1H3,(H,28,33)(H,29,30)(H,31,32)/t17-/m0/s1. The summed E-state index contributed by atoms with van der Waals surface area (Å²) in [7, 11) is 0. The molecule has 3 aromatic carbocycles. The fraction of sp³-hybridized carbons (Fsp3) is 0.222. The molecule has 1 aliphatic carbocycles. The molecule has 4 rings (SSSR count). The van der Waals surface area contributed by atoms with Crippen molar-refractivity contribution in [1.29, 1.82) is 0 Å². The molecular weight excluding hydrogens is 432 g/mol. The maximum absolute atomic E-state index is 12.5. The summed E-state index contributed by atoms with van der Waals surface area (Å²) in [6.45, 7) is 1.82. The Morgan fingerprint density at radius 3 is 2.06 bits per heavy atom. The van der Waals surface area contributed by atoms with Crippen LogP contribution < -0.4 is 10.6 Å². The summed E-state index contributed by atoms with van der Waals surface area (Å²) in [4.78, 5) is 35.6. The van der Waals surface area contributed by atoms with Crippen molar-refractivity contribution in [2.45, 2.75) is 31.8 Å². The van der Waals surface area contributed by atoms with E-state index in [1.165, 1.54) is 6.92 Å². The van der Waals surface area contributed by atoms with Crippen molar-refractivity contribution in [1.82, 2.24) is 10.6 Å². The van der Waals surface area contributed by atoms with Gasteiger partial charge >= 0.3 is 12.1 Å².